The van der Waals surface area contributed by atoms with Gasteiger partial charge in [0, 0.05) is 21.2 Å². The first kappa shape index (κ1) is 30.3. The minimum absolute atomic E-state index is 0.165. The number of hydrogen-bond donors (Lipinski definition) is 3. The van der Waals surface area contributed by atoms with E-state index in [1.165, 1.54) is 17.0 Å². The number of carbonyl (C=O) groups excluding carboxylic acids is 1. The summed E-state index contributed by atoms with van der Waals surface area (Å²) in [5.41, 5.74) is -0.350. The molecule has 2 aromatic carbocycles. The largest absolute Gasteiger partial charge is 0.494 e. The molecule has 4 nitrogen and oxygen atoms in total. The summed E-state index contributed by atoms with van der Waals surface area (Å²) >= 11 is 5.69. The molecule has 0 bridgehead atoms. The molecule has 0 radical (unpaired) electrons. The average molecular weight is 509 g/mol. The number of halogens is 1. The first-order valence-electron chi connectivity index (χ1n) is 12.0. The molecule has 0 spiro atoms. The van der Waals surface area contributed by atoms with Crippen molar-refractivity contribution in [2.45, 2.75) is 69.2 Å². The van der Waals surface area contributed by atoms with Gasteiger partial charge in [-0.1, -0.05) is 27.7 Å². The second-order valence-corrected chi connectivity index (χ2v) is 9.88. The Morgan fingerprint density at radius 1 is 1.12 bits per heavy atom. The third kappa shape index (κ3) is 12.1. The van der Waals surface area contributed by atoms with Gasteiger partial charge < -0.3 is 15.4 Å². The fourth-order valence-electron chi connectivity index (χ4n) is 3.28. The van der Waals surface area contributed by atoms with Gasteiger partial charge in [-0.25, -0.2) is 4.39 Å². The standard InChI is InChI=1S/C19H30N2O2S.C6H5FS.C2H6/c1-19(2,18(22)21-15-9-12-20-13-10-15)11-4-14-23-16-5-7-17(24-3)8-6-16;7-5-1-3-6(8)4-2-5;1-2/h5-8,15,20H,4,9-14H2,1-3H3,(H,21,22);1-4,8H;1-2H3. The molecule has 1 aliphatic rings. The summed E-state index contributed by atoms with van der Waals surface area (Å²) in [6, 6.07) is 14.4. The highest BCUT2D eigenvalue weighted by molar-refractivity contribution is 7.98. The number of rotatable bonds is 8. The molecule has 7 heteroatoms. The lowest BCUT2D eigenvalue weighted by Crippen LogP contribution is -2.47. The van der Waals surface area contributed by atoms with Crippen molar-refractivity contribution in [3.8, 4) is 5.75 Å². The Kier molecular flexibility index (Phi) is 15.0. The van der Waals surface area contributed by atoms with Gasteiger partial charge in [0.2, 0.25) is 5.91 Å². The summed E-state index contributed by atoms with van der Waals surface area (Å²) in [5, 5.41) is 6.53. The first-order chi connectivity index (χ1) is 16.3. The van der Waals surface area contributed by atoms with Crippen LogP contribution in [0, 0.1) is 11.2 Å². The van der Waals surface area contributed by atoms with E-state index in [2.05, 4.69) is 41.7 Å². The third-order valence-electron chi connectivity index (χ3n) is 5.39. The van der Waals surface area contributed by atoms with Crippen LogP contribution < -0.4 is 15.4 Å². The number of ether oxygens (including phenoxy) is 1. The van der Waals surface area contributed by atoms with Gasteiger partial charge >= 0.3 is 0 Å². The quantitative estimate of drug-likeness (QED) is 0.214. The molecule has 0 aliphatic carbocycles. The zero-order chi connectivity index (χ0) is 25.4. The Hall–Kier alpha value is -1.70. The van der Waals surface area contributed by atoms with Crippen LogP contribution in [0.1, 0.15) is 53.4 Å². The highest BCUT2D eigenvalue weighted by Gasteiger charge is 2.29. The van der Waals surface area contributed by atoms with Crippen molar-refractivity contribution < 1.29 is 13.9 Å². The van der Waals surface area contributed by atoms with Crippen molar-refractivity contribution in [1.82, 2.24) is 10.6 Å². The van der Waals surface area contributed by atoms with Crippen molar-refractivity contribution in [1.29, 1.82) is 0 Å². The minimum atomic E-state index is -0.350. The number of benzene rings is 2. The van der Waals surface area contributed by atoms with E-state index in [0.29, 0.717) is 12.6 Å². The third-order valence-corrected chi connectivity index (χ3v) is 6.43. The maximum atomic E-state index is 12.5. The van der Waals surface area contributed by atoms with E-state index in [4.69, 9.17) is 4.74 Å². The SMILES string of the molecule is CC.CSc1ccc(OCCCC(C)(C)C(=O)NC2CCNCC2)cc1.Fc1ccc(S)cc1. The van der Waals surface area contributed by atoms with Gasteiger partial charge in [-0.05, 0) is 93.6 Å². The van der Waals surface area contributed by atoms with Gasteiger partial charge in [0.05, 0.1) is 6.61 Å². The van der Waals surface area contributed by atoms with E-state index in [-0.39, 0.29) is 17.1 Å². The fourth-order valence-corrected chi connectivity index (χ4v) is 3.84. The Balaban J connectivity index is 0.000000483. The van der Waals surface area contributed by atoms with Gasteiger partial charge in [0.25, 0.3) is 0 Å². The highest BCUT2D eigenvalue weighted by atomic mass is 32.2. The lowest BCUT2D eigenvalue weighted by atomic mass is 9.86. The molecule has 1 amide bonds. The zero-order valence-corrected chi connectivity index (χ0v) is 22.9. The van der Waals surface area contributed by atoms with E-state index < -0.39 is 0 Å². The maximum absolute atomic E-state index is 12.5. The van der Waals surface area contributed by atoms with Crippen molar-refractivity contribution in [2.24, 2.45) is 5.41 Å². The molecular formula is C27H41FN2O2S2. The predicted molar refractivity (Wildman–Crippen MR) is 146 cm³/mol. The van der Waals surface area contributed by atoms with Crippen molar-refractivity contribution in [3.63, 3.8) is 0 Å². The Morgan fingerprint density at radius 3 is 2.24 bits per heavy atom. The Morgan fingerprint density at radius 2 is 1.71 bits per heavy atom. The summed E-state index contributed by atoms with van der Waals surface area (Å²) in [4.78, 5) is 14.5. The number of carbonyl (C=O) groups is 1. The highest BCUT2D eigenvalue weighted by Crippen LogP contribution is 2.24. The molecule has 0 unspecified atom stereocenters. The van der Waals surface area contributed by atoms with E-state index in [1.807, 2.05) is 39.8 Å². The van der Waals surface area contributed by atoms with Gasteiger partial charge in [0.1, 0.15) is 11.6 Å². The van der Waals surface area contributed by atoms with Crippen LogP contribution in [0.15, 0.2) is 58.3 Å². The number of thiol groups is 1. The number of hydrogen-bond acceptors (Lipinski definition) is 5. The van der Waals surface area contributed by atoms with Crippen LogP contribution in [0.5, 0.6) is 5.75 Å². The summed E-state index contributed by atoms with van der Waals surface area (Å²) in [6.45, 7) is 10.7. The molecule has 1 saturated heterocycles. The summed E-state index contributed by atoms with van der Waals surface area (Å²) in [7, 11) is 0. The Labute approximate surface area is 215 Å². The molecule has 190 valence electrons. The molecule has 0 aromatic heterocycles. The second kappa shape index (κ2) is 16.8. The van der Waals surface area contributed by atoms with Crippen LogP contribution in [0.3, 0.4) is 0 Å². The number of amides is 1. The number of thioether (sulfide) groups is 1. The zero-order valence-electron chi connectivity index (χ0n) is 21.2. The molecule has 1 fully saturated rings. The van der Waals surface area contributed by atoms with Crippen LogP contribution in [0.2, 0.25) is 0 Å². The molecule has 0 atom stereocenters. The van der Waals surface area contributed by atoms with Crippen LogP contribution in [-0.4, -0.2) is 37.9 Å². The first-order valence-corrected chi connectivity index (χ1v) is 13.7. The molecule has 3 rings (SSSR count). The van der Waals surface area contributed by atoms with Crippen molar-refractivity contribution in [3.05, 3.63) is 54.3 Å². The van der Waals surface area contributed by atoms with E-state index in [1.54, 1.807) is 23.9 Å². The van der Waals surface area contributed by atoms with E-state index in [9.17, 15) is 9.18 Å². The van der Waals surface area contributed by atoms with Gasteiger partial charge in [-0.2, -0.15) is 0 Å². The fraction of sp³-hybridized carbons (Fsp3) is 0.519. The molecule has 2 N–H and O–H groups in total. The number of piperidine rings is 1. The molecule has 1 heterocycles. The predicted octanol–water partition coefficient (Wildman–Crippen LogP) is 6.60. The molecule has 2 aromatic rings. The second-order valence-electron chi connectivity index (χ2n) is 8.49. The normalized spacial score (nSPS) is 13.6. The minimum Gasteiger partial charge on any atom is -0.494 e. The summed E-state index contributed by atoms with van der Waals surface area (Å²) in [6.07, 6.45) is 5.81. The van der Waals surface area contributed by atoms with Gasteiger partial charge in [0.15, 0.2) is 0 Å². The summed E-state index contributed by atoms with van der Waals surface area (Å²) in [5.74, 6) is 0.839. The average Bonchev–Trinajstić information content (AvgIpc) is 2.86. The van der Waals surface area contributed by atoms with Crippen molar-refractivity contribution >= 4 is 30.3 Å². The number of nitrogens with one attached hydrogen (secondary N) is 2. The van der Waals surface area contributed by atoms with Gasteiger partial charge in [-0.15, -0.1) is 24.4 Å². The van der Waals surface area contributed by atoms with E-state index in [0.717, 1.165) is 49.4 Å². The van der Waals surface area contributed by atoms with E-state index >= 15 is 0 Å². The van der Waals surface area contributed by atoms with Crippen LogP contribution in [0.25, 0.3) is 0 Å². The lowest BCUT2D eigenvalue weighted by molar-refractivity contribution is -0.130. The maximum Gasteiger partial charge on any atom is 0.225 e. The topological polar surface area (TPSA) is 50.4 Å². The van der Waals surface area contributed by atoms with Crippen LogP contribution in [0.4, 0.5) is 4.39 Å². The molecule has 0 saturated carbocycles. The molecule has 1 aliphatic heterocycles. The van der Waals surface area contributed by atoms with Crippen LogP contribution >= 0.6 is 24.4 Å². The van der Waals surface area contributed by atoms with Gasteiger partial charge in [-0.3, -0.25) is 4.79 Å². The van der Waals surface area contributed by atoms with Crippen LogP contribution in [-0.2, 0) is 4.79 Å². The summed E-state index contributed by atoms with van der Waals surface area (Å²) < 4.78 is 17.8. The molecule has 34 heavy (non-hydrogen) atoms. The smallest absolute Gasteiger partial charge is 0.225 e. The Bertz CT molecular complexity index is 787. The molecular weight excluding hydrogens is 467 g/mol. The lowest BCUT2D eigenvalue weighted by Gasteiger charge is -2.29. The van der Waals surface area contributed by atoms with Crippen molar-refractivity contribution in [2.75, 3.05) is 26.0 Å². The monoisotopic (exact) mass is 508 g/mol.